The number of rotatable bonds is 4. The number of benzene rings is 1. The van der Waals surface area contributed by atoms with Gasteiger partial charge in [-0.15, -0.1) is 0 Å². The number of carbonyl (C=O) groups excluding carboxylic acids is 1. The van der Waals surface area contributed by atoms with Gasteiger partial charge in [-0.05, 0) is 75.0 Å². The Morgan fingerprint density at radius 2 is 1.64 bits per heavy atom. The summed E-state index contributed by atoms with van der Waals surface area (Å²) in [5, 5.41) is 0. The van der Waals surface area contributed by atoms with Crippen molar-refractivity contribution in [1.29, 1.82) is 0 Å². The minimum atomic E-state index is 0.330. The molecule has 22 heavy (non-hydrogen) atoms. The second-order valence-corrected chi connectivity index (χ2v) is 7.50. The first kappa shape index (κ1) is 14.4. The van der Waals surface area contributed by atoms with E-state index < -0.39 is 0 Å². The molecule has 2 saturated carbocycles. The molecule has 2 aliphatic carbocycles. The maximum Gasteiger partial charge on any atom is 0.123 e. The number of aldehydes is 1. The van der Waals surface area contributed by atoms with Gasteiger partial charge in [0.05, 0.1) is 0 Å². The molecule has 0 radical (unpaired) electrons. The first-order valence-corrected chi connectivity index (χ1v) is 9.16. The summed E-state index contributed by atoms with van der Waals surface area (Å²) in [5.74, 6) is 1.17. The van der Waals surface area contributed by atoms with Gasteiger partial charge >= 0.3 is 0 Å². The maximum atomic E-state index is 11.0. The van der Waals surface area contributed by atoms with Gasteiger partial charge in [-0.1, -0.05) is 24.3 Å². The van der Waals surface area contributed by atoms with Crippen molar-refractivity contribution in [2.24, 2.45) is 5.92 Å². The summed E-state index contributed by atoms with van der Waals surface area (Å²) < 4.78 is 0. The van der Waals surface area contributed by atoms with Crippen molar-refractivity contribution in [3.8, 4) is 0 Å². The van der Waals surface area contributed by atoms with Crippen LogP contribution in [0.2, 0.25) is 0 Å². The SMILES string of the molecule is O=CC1CCC(N2CCCC2c2ccccc2C2CC2)CC1. The Kier molecular flexibility index (Phi) is 4.04. The Balaban J connectivity index is 1.53. The first-order chi connectivity index (χ1) is 10.9. The summed E-state index contributed by atoms with van der Waals surface area (Å²) in [6, 6.07) is 10.5. The number of carbonyl (C=O) groups is 1. The topological polar surface area (TPSA) is 20.3 Å². The highest BCUT2D eigenvalue weighted by atomic mass is 16.1. The van der Waals surface area contributed by atoms with Crippen molar-refractivity contribution >= 4 is 6.29 Å². The van der Waals surface area contributed by atoms with Gasteiger partial charge in [0.25, 0.3) is 0 Å². The van der Waals surface area contributed by atoms with Crippen LogP contribution in [0.15, 0.2) is 24.3 Å². The second kappa shape index (κ2) is 6.16. The molecule has 1 aliphatic heterocycles. The fourth-order valence-corrected chi connectivity index (χ4v) is 4.71. The van der Waals surface area contributed by atoms with Gasteiger partial charge in [-0.3, -0.25) is 4.90 Å². The van der Waals surface area contributed by atoms with E-state index >= 15 is 0 Å². The van der Waals surface area contributed by atoms with Gasteiger partial charge in [0, 0.05) is 18.0 Å². The number of hydrogen-bond acceptors (Lipinski definition) is 2. The monoisotopic (exact) mass is 297 g/mol. The molecule has 3 aliphatic rings. The van der Waals surface area contributed by atoms with E-state index in [4.69, 9.17) is 0 Å². The molecular weight excluding hydrogens is 270 g/mol. The molecule has 0 bridgehead atoms. The zero-order valence-electron chi connectivity index (χ0n) is 13.4. The lowest BCUT2D eigenvalue weighted by Crippen LogP contribution is -2.38. The van der Waals surface area contributed by atoms with E-state index in [1.807, 2.05) is 0 Å². The molecule has 0 aromatic heterocycles. The third-order valence-electron chi connectivity index (χ3n) is 6.07. The predicted molar refractivity (Wildman–Crippen MR) is 88.9 cm³/mol. The van der Waals surface area contributed by atoms with Crippen molar-refractivity contribution in [2.75, 3.05) is 6.54 Å². The van der Waals surface area contributed by atoms with Crippen LogP contribution in [-0.2, 0) is 4.79 Å². The van der Waals surface area contributed by atoms with Gasteiger partial charge < -0.3 is 4.79 Å². The summed E-state index contributed by atoms with van der Waals surface area (Å²) in [5.41, 5.74) is 3.24. The first-order valence-electron chi connectivity index (χ1n) is 9.16. The van der Waals surface area contributed by atoms with E-state index in [0.717, 1.165) is 18.8 Å². The van der Waals surface area contributed by atoms with Crippen LogP contribution in [0.1, 0.15) is 74.5 Å². The minimum absolute atomic E-state index is 0.330. The summed E-state index contributed by atoms with van der Waals surface area (Å²) in [4.78, 5) is 13.8. The van der Waals surface area contributed by atoms with Crippen molar-refractivity contribution in [2.45, 2.75) is 69.4 Å². The van der Waals surface area contributed by atoms with E-state index in [1.165, 1.54) is 51.4 Å². The van der Waals surface area contributed by atoms with Crippen molar-refractivity contribution in [3.05, 3.63) is 35.4 Å². The van der Waals surface area contributed by atoms with Crippen LogP contribution < -0.4 is 0 Å². The van der Waals surface area contributed by atoms with E-state index in [-0.39, 0.29) is 0 Å². The van der Waals surface area contributed by atoms with Gasteiger partial charge in [0.15, 0.2) is 0 Å². The van der Waals surface area contributed by atoms with Crippen molar-refractivity contribution < 1.29 is 4.79 Å². The smallest absolute Gasteiger partial charge is 0.123 e. The Morgan fingerprint density at radius 1 is 0.909 bits per heavy atom. The molecule has 0 spiro atoms. The largest absolute Gasteiger partial charge is 0.303 e. The Morgan fingerprint density at radius 3 is 2.32 bits per heavy atom. The number of likely N-dealkylation sites (tertiary alicyclic amines) is 1. The summed E-state index contributed by atoms with van der Waals surface area (Å²) in [6.45, 7) is 1.25. The highest BCUT2D eigenvalue weighted by Crippen LogP contribution is 2.46. The molecule has 4 rings (SSSR count). The molecule has 1 aromatic carbocycles. The lowest BCUT2D eigenvalue weighted by Gasteiger charge is -2.37. The molecule has 2 heteroatoms. The molecule has 1 heterocycles. The van der Waals surface area contributed by atoms with Crippen molar-refractivity contribution in [1.82, 2.24) is 4.90 Å². The van der Waals surface area contributed by atoms with Crippen LogP contribution in [0.5, 0.6) is 0 Å². The van der Waals surface area contributed by atoms with Crippen molar-refractivity contribution in [3.63, 3.8) is 0 Å². The van der Waals surface area contributed by atoms with E-state index in [9.17, 15) is 4.79 Å². The molecule has 1 unspecified atom stereocenters. The van der Waals surface area contributed by atoms with Crippen LogP contribution in [0.4, 0.5) is 0 Å². The molecule has 118 valence electrons. The highest BCUT2D eigenvalue weighted by molar-refractivity contribution is 5.53. The Labute approximate surface area is 133 Å². The van der Waals surface area contributed by atoms with Gasteiger partial charge in [-0.25, -0.2) is 0 Å². The molecule has 0 amide bonds. The zero-order chi connectivity index (χ0) is 14.9. The lowest BCUT2D eigenvalue weighted by atomic mass is 9.85. The number of hydrogen-bond donors (Lipinski definition) is 0. The Bertz CT molecular complexity index is 528. The van der Waals surface area contributed by atoms with Crippen LogP contribution >= 0.6 is 0 Å². The minimum Gasteiger partial charge on any atom is -0.303 e. The van der Waals surface area contributed by atoms with Gasteiger partial charge in [0.1, 0.15) is 6.29 Å². The lowest BCUT2D eigenvalue weighted by molar-refractivity contribution is -0.112. The van der Waals surface area contributed by atoms with Crippen LogP contribution in [-0.4, -0.2) is 23.8 Å². The zero-order valence-corrected chi connectivity index (χ0v) is 13.4. The van der Waals surface area contributed by atoms with E-state index in [2.05, 4.69) is 29.2 Å². The van der Waals surface area contributed by atoms with Crippen LogP contribution in [0.25, 0.3) is 0 Å². The predicted octanol–water partition coefficient (Wildman–Crippen LogP) is 4.46. The third kappa shape index (κ3) is 2.74. The third-order valence-corrected chi connectivity index (χ3v) is 6.07. The molecule has 2 nitrogen and oxygen atoms in total. The molecule has 1 saturated heterocycles. The fourth-order valence-electron chi connectivity index (χ4n) is 4.71. The molecule has 0 N–H and O–H groups in total. The average molecular weight is 297 g/mol. The normalized spacial score (nSPS) is 33.0. The summed E-state index contributed by atoms with van der Waals surface area (Å²) in [6.07, 6.45) is 11.2. The molecule has 1 atom stereocenters. The van der Waals surface area contributed by atoms with E-state index in [1.54, 1.807) is 11.1 Å². The maximum absolute atomic E-state index is 11.0. The molecule has 3 fully saturated rings. The van der Waals surface area contributed by atoms with Crippen LogP contribution in [0, 0.1) is 5.92 Å². The van der Waals surface area contributed by atoms with Crippen LogP contribution in [0.3, 0.4) is 0 Å². The standard InChI is InChI=1S/C20H27NO/c22-14-15-7-11-17(12-8-15)21-13-3-6-20(21)19-5-2-1-4-18(19)16-9-10-16/h1-2,4-5,14-17,20H,3,6-13H2. The summed E-state index contributed by atoms with van der Waals surface area (Å²) in [7, 11) is 0. The number of nitrogens with zero attached hydrogens (tertiary/aromatic N) is 1. The van der Waals surface area contributed by atoms with E-state index in [0.29, 0.717) is 18.0 Å². The van der Waals surface area contributed by atoms with Gasteiger partial charge in [-0.2, -0.15) is 0 Å². The quantitative estimate of drug-likeness (QED) is 0.765. The summed E-state index contributed by atoms with van der Waals surface area (Å²) >= 11 is 0. The Hall–Kier alpha value is -1.15. The molecular formula is C20H27NO. The highest BCUT2D eigenvalue weighted by Gasteiger charge is 2.36. The fraction of sp³-hybridized carbons (Fsp3) is 0.650. The second-order valence-electron chi connectivity index (χ2n) is 7.50. The molecule has 1 aromatic rings. The average Bonchev–Trinajstić information content (AvgIpc) is 3.32. The van der Waals surface area contributed by atoms with Gasteiger partial charge in [0.2, 0.25) is 0 Å².